The van der Waals surface area contributed by atoms with Crippen LogP contribution in [-0.2, 0) is 6.54 Å². The first-order chi connectivity index (χ1) is 7.27. The minimum absolute atomic E-state index is 0.343. The molecular weight excluding hydrogens is 188 g/mol. The molecule has 3 heteroatoms. The van der Waals surface area contributed by atoms with Crippen LogP contribution in [0.2, 0.25) is 0 Å². The van der Waals surface area contributed by atoms with E-state index in [0.717, 1.165) is 6.54 Å². The number of furan rings is 1. The number of hydrogen-bond acceptors (Lipinski definition) is 3. The minimum atomic E-state index is 0.343. The maximum atomic E-state index is 6.14. The summed E-state index contributed by atoms with van der Waals surface area (Å²) < 4.78 is 5.07. The molecule has 2 rings (SSSR count). The lowest BCUT2D eigenvalue weighted by atomic mass is 9.90. The smallest absolute Gasteiger partial charge is 0.0947 e. The van der Waals surface area contributed by atoms with Crippen LogP contribution in [0.15, 0.2) is 23.0 Å². The average molecular weight is 208 g/mol. The molecule has 1 heterocycles. The van der Waals surface area contributed by atoms with Crippen molar-refractivity contribution >= 4 is 0 Å². The largest absolute Gasteiger partial charge is 0.472 e. The fourth-order valence-electron chi connectivity index (χ4n) is 2.48. The predicted octanol–water partition coefficient (Wildman–Crippen LogP) is 1.98. The van der Waals surface area contributed by atoms with Crippen molar-refractivity contribution in [2.75, 3.05) is 7.05 Å². The van der Waals surface area contributed by atoms with Crippen molar-refractivity contribution in [1.29, 1.82) is 0 Å². The second-order valence-corrected chi connectivity index (χ2v) is 4.56. The molecule has 1 aliphatic rings. The summed E-state index contributed by atoms with van der Waals surface area (Å²) in [6.07, 6.45) is 8.54. The fraction of sp³-hybridized carbons (Fsp3) is 0.667. The van der Waals surface area contributed by atoms with E-state index in [1.165, 1.54) is 31.2 Å². The Balaban J connectivity index is 1.91. The van der Waals surface area contributed by atoms with Gasteiger partial charge >= 0.3 is 0 Å². The van der Waals surface area contributed by atoms with Gasteiger partial charge in [0.25, 0.3) is 0 Å². The SMILES string of the molecule is CN(Cc1ccoc1)C1CCCCC1N. The van der Waals surface area contributed by atoms with E-state index >= 15 is 0 Å². The molecule has 0 bridgehead atoms. The normalized spacial score (nSPS) is 27.1. The Labute approximate surface area is 91.2 Å². The van der Waals surface area contributed by atoms with Crippen LogP contribution in [0.3, 0.4) is 0 Å². The van der Waals surface area contributed by atoms with Gasteiger partial charge in [-0.3, -0.25) is 4.90 Å². The first-order valence-electron chi connectivity index (χ1n) is 5.74. The molecule has 0 saturated heterocycles. The highest BCUT2D eigenvalue weighted by molar-refractivity contribution is 5.05. The number of rotatable bonds is 3. The molecule has 1 aliphatic carbocycles. The summed E-state index contributed by atoms with van der Waals surface area (Å²) in [4.78, 5) is 2.36. The third kappa shape index (κ3) is 2.61. The van der Waals surface area contributed by atoms with E-state index in [0.29, 0.717) is 12.1 Å². The Morgan fingerprint density at radius 3 is 2.93 bits per heavy atom. The summed E-state index contributed by atoms with van der Waals surface area (Å²) in [5.74, 6) is 0. The van der Waals surface area contributed by atoms with Gasteiger partial charge in [0.2, 0.25) is 0 Å². The quantitative estimate of drug-likeness (QED) is 0.826. The molecule has 1 fully saturated rings. The molecule has 2 N–H and O–H groups in total. The predicted molar refractivity (Wildman–Crippen MR) is 60.4 cm³/mol. The van der Waals surface area contributed by atoms with Crippen LogP contribution in [0.1, 0.15) is 31.2 Å². The van der Waals surface area contributed by atoms with Gasteiger partial charge in [-0.25, -0.2) is 0 Å². The summed E-state index contributed by atoms with van der Waals surface area (Å²) in [5.41, 5.74) is 7.38. The Morgan fingerprint density at radius 2 is 2.27 bits per heavy atom. The van der Waals surface area contributed by atoms with E-state index in [1.807, 2.05) is 12.3 Å². The van der Waals surface area contributed by atoms with Gasteiger partial charge in [0, 0.05) is 24.2 Å². The molecule has 0 spiro atoms. The molecule has 1 saturated carbocycles. The lowest BCUT2D eigenvalue weighted by Gasteiger charge is -2.35. The van der Waals surface area contributed by atoms with Gasteiger partial charge in [-0.2, -0.15) is 0 Å². The molecule has 0 aromatic carbocycles. The summed E-state index contributed by atoms with van der Waals surface area (Å²) in [6.45, 7) is 0.939. The molecule has 2 unspecified atom stereocenters. The van der Waals surface area contributed by atoms with E-state index in [2.05, 4.69) is 11.9 Å². The molecule has 1 aromatic heterocycles. The molecule has 0 radical (unpaired) electrons. The van der Waals surface area contributed by atoms with Crippen LogP contribution in [0.5, 0.6) is 0 Å². The molecule has 3 nitrogen and oxygen atoms in total. The van der Waals surface area contributed by atoms with Gasteiger partial charge in [0.1, 0.15) is 0 Å². The molecule has 0 aliphatic heterocycles. The molecule has 1 aromatic rings. The Morgan fingerprint density at radius 1 is 1.47 bits per heavy atom. The molecule has 84 valence electrons. The van der Waals surface area contributed by atoms with Crippen molar-refractivity contribution in [3.05, 3.63) is 24.2 Å². The van der Waals surface area contributed by atoms with Crippen LogP contribution in [-0.4, -0.2) is 24.0 Å². The summed E-state index contributed by atoms with van der Waals surface area (Å²) in [5, 5.41) is 0. The lowest BCUT2D eigenvalue weighted by Crippen LogP contribution is -2.47. The van der Waals surface area contributed by atoms with Gasteiger partial charge in [0.15, 0.2) is 0 Å². The van der Waals surface area contributed by atoms with Crippen LogP contribution in [0.25, 0.3) is 0 Å². The highest BCUT2D eigenvalue weighted by atomic mass is 16.3. The maximum Gasteiger partial charge on any atom is 0.0947 e. The van der Waals surface area contributed by atoms with E-state index < -0.39 is 0 Å². The van der Waals surface area contributed by atoms with Crippen LogP contribution < -0.4 is 5.73 Å². The second kappa shape index (κ2) is 4.81. The van der Waals surface area contributed by atoms with Crippen molar-refractivity contribution in [2.24, 2.45) is 5.73 Å². The maximum absolute atomic E-state index is 6.14. The number of nitrogens with zero attached hydrogens (tertiary/aromatic N) is 1. The van der Waals surface area contributed by atoms with Crippen molar-refractivity contribution in [3.8, 4) is 0 Å². The van der Waals surface area contributed by atoms with Crippen LogP contribution in [0, 0.1) is 0 Å². The Kier molecular flexibility index (Phi) is 3.44. The third-order valence-electron chi connectivity index (χ3n) is 3.36. The summed E-state index contributed by atoms with van der Waals surface area (Å²) in [6, 6.07) is 2.90. The number of hydrogen-bond donors (Lipinski definition) is 1. The zero-order valence-corrected chi connectivity index (χ0v) is 9.36. The fourth-order valence-corrected chi connectivity index (χ4v) is 2.48. The molecule has 0 amide bonds. The highest BCUT2D eigenvalue weighted by Gasteiger charge is 2.25. The molecular formula is C12H20N2O. The average Bonchev–Trinajstić information content (AvgIpc) is 2.71. The van der Waals surface area contributed by atoms with E-state index in [9.17, 15) is 0 Å². The van der Waals surface area contributed by atoms with Gasteiger partial charge in [-0.1, -0.05) is 12.8 Å². The molecule has 15 heavy (non-hydrogen) atoms. The Hall–Kier alpha value is -0.800. The van der Waals surface area contributed by atoms with Crippen LogP contribution >= 0.6 is 0 Å². The number of likely N-dealkylation sites (N-methyl/N-ethyl adjacent to an activating group) is 1. The van der Waals surface area contributed by atoms with E-state index in [1.54, 1.807) is 6.26 Å². The zero-order valence-electron chi connectivity index (χ0n) is 9.36. The third-order valence-corrected chi connectivity index (χ3v) is 3.36. The second-order valence-electron chi connectivity index (χ2n) is 4.56. The minimum Gasteiger partial charge on any atom is -0.472 e. The van der Waals surface area contributed by atoms with Crippen molar-refractivity contribution in [1.82, 2.24) is 4.90 Å². The van der Waals surface area contributed by atoms with Gasteiger partial charge in [-0.05, 0) is 26.0 Å². The Bertz CT molecular complexity index is 284. The lowest BCUT2D eigenvalue weighted by molar-refractivity contribution is 0.162. The van der Waals surface area contributed by atoms with E-state index in [4.69, 9.17) is 10.2 Å². The van der Waals surface area contributed by atoms with Crippen molar-refractivity contribution in [3.63, 3.8) is 0 Å². The topological polar surface area (TPSA) is 42.4 Å². The van der Waals surface area contributed by atoms with Crippen LogP contribution in [0.4, 0.5) is 0 Å². The zero-order chi connectivity index (χ0) is 10.7. The monoisotopic (exact) mass is 208 g/mol. The van der Waals surface area contributed by atoms with Gasteiger partial charge in [-0.15, -0.1) is 0 Å². The first kappa shape index (κ1) is 10.7. The van der Waals surface area contributed by atoms with Gasteiger partial charge < -0.3 is 10.2 Å². The highest BCUT2D eigenvalue weighted by Crippen LogP contribution is 2.22. The van der Waals surface area contributed by atoms with Crippen molar-refractivity contribution < 1.29 is 4.42 Å². The molecule has 2 atom stereocenters. The van der Waals surface area contributed by atoms with Gasteiger partial charge in [0.05, 0.1) is 12.5 Å². The summed E-state index contributed by atoms with van der Waals surface area (Å²) in [7, 11) is 2.16. The van der Waals surface area contributed by atoms with E-state index in [-0.39, 0.29) is 0 Å². The van der Waals surface area contributed by atoms with Crippen molar-refractivity contribution in [2.45, 2.75) is 44.3 Å². The first-order valence-corrected chi connectivity index (χ1v) is 5.74. The summed E-state index contributed by atoms with van der Waals surface area (Å²) >= 11 is 0. The number of nitrogens with two attached hydrogens (primary N) is 1. The standard InChI is InChI=1S/C12H20N2O/c1-14(8-10-6-7-15-9-10)12-5-3-2-4-11(12)13/h6-7,9,11-12H,2-5,8,13H2,1H3.